The summed E-state index contributed by atoms with van der Waals surface area (Å²) in [4.78, 5) is 16.5. The van der Waals surface area contributed by atoms with E-state index >= 15 is 0 Å². The van der Waals surface area contributed by atoms with Crippen LogP contribution >= 0.6 is 0 Å². The van der Waals surface area contributed by atoms with Crippen LogP contribution in [0.15, 0.2) is 17.1 Å². The Bertz CT molecular complexity index is 524. The normalized spacial score (nSPS) is 13.7. The third-order valence-corrected chi connectivity index (χ3v) is 3.10. The van der Waals surface area contributed by atoms with Gasteiger partial charge in [0.25, 0.3) is 0 Å². The third kappa shape index (κ3) is 2.86. The second-order valence-corrected chi connectivity index (χ2v) is 4.38. The Hall–Kier alpha value is -2.04. The fraction of sp³-hybridized carbons (Fsp3) is 0.429. The second kappa shape index (κ2) is 5.73. The predicted molar refractivity (Wildman–Crippen MR) is 73.5 cm³/mol. The minimum atomic E-state index is 0.0339. The zero-order chi connectivity index (χ0) is 13.8. The number of nitrogens with one attached hydrogen (secondary N) is 1. The van der Waals surface area contributed by atoms with Crippen LogP contribution in [-0.4, -0.2) is 38.9 Å². The summed E-state index contributed by atoms with van der Waals surface area (Å²) in [5.41, 5.74) is 1.52. The third-order valence-electron chi connectivity index (χ3n) is 3.10. The first kappa shape index (κ1) is 13.4. The van der Waals surface area contributed by atoms with Crippen LogP contribution in [0.1, 0.15) is 22.3 Å². The molecule has 0 aliphatic carbocycles. The molecule has 0 saturated carbocycles. The minimum absolute atomic E-state index is 0.0339. The number of ether oxygens (including phenoxy) is 2. The molecule has 1 aromatic rings. The molecule has 5 heteroatoms. The van der Waals surface area contributed by atoms with Gasteiger partial charge >= 0.3 is 0 Å². The van der Waals surface area contributed by atoms with E-state index in [-0.39, 0.29) is 5.78 Å². The average molecular weight is 262 g/mol. The molecule has 102 valence electrons. The van der Waals surface area contributed by atoms with Gasteiger partial charge in [0, 0.05) is 12.1 Å². The van der Waals surface area contributed by atoms with Crippen LogP contribution < -0.4 is 14.8 Å². The van der Waals surface area contributed by atoms with Gasteiger partial charge in [-0.3, -0.25) is 9.79 Å². The number of aryl methyl sites for hydroxylation is 1. The molecule has 1 heterocycles. The van der Waals surface area contributed by atoms with Crippen molar-refractivity contribution in [1.82, 2.24) is 5.32 Å². The number of nitrogens with zero attached hydrogens (tertiary/aromatic N) is 1. The maximum Gasteiger partial charge on any atom is 0.170 e. The highest BCUT2D eigenvalue weighted by molar-refractivity contribution is 6.10. The molecule has 0 amide bonds. The van der Waals surface area contributed by atoms with Crippen molar-refractivity contribution in [2.24, 2.45) is 4.99 Å². The zero-order valence-electron chi connectivity index (χ0n) is 11.4. The summed E-state index contributed by atoms with van der Waals surface area (Å²) in [5, 5.41) is 3.10. The van der Waals surface area contributed by atoms with Gasteiger partial charge < -0.3 is 14.8 Å². The number of ketones is 1. The quantitative estimate of drug-likeness (QED) is 0.819. The fourth-order valence-corrected chi connectivity index (χ4v) is 2.09. The van der Waals surface area contributed by atoms with E-state index in [1.807, 2.05) is 13.0 Å². The molecule has 1 aliphatic heterocycles. The largest absolute Gasteiger partial charge is 0.493 e. The Labute approximate surface area is 112 Å². The topological polar surface area (TPSA) is 59.9 Å². The Morgan fingerprint density at radius 3 is 2.58 bits per heavy atom. The van der Waals surface area contributed by atoms with Crippen molar-refractivity contribution in [2.75, 3.05) is 27.3 Å². The summed E-state index contributed by atoms with van der Waals surface area (Å²) in [6, 6.07) is 3.54. The Morgan fingerprint density at radius 2 is 2.00 bits per heavy atom. The summed E-state index contributed by atoms with van der Waals surface area (Å²) >= 11 is 0. The summed E-state index contributed by atoms with van der Waals surface area (Å²) in [6.07, 6.45) is 0.302. The van der Waals surface area contributed by atoms with E-state index in [0.717, 1.165) is 24.5 Å². The van der Waals surface area contributed by atoms with E-state index < -0.39 is 0 Å². The van der Waals surface area contributed by atoms with E-state index in [1.165, 1.54) is 0 Å². The number of carbonyl (C=O) groups excluding carboxylic acids is 1. The van der Waals surface area contributed by atoms with Crippen molar-refractivity contribution in [3.8, 4) is 11.5 Å². The lowest BCUT2D eigenvalue weighted by molar-refractivity contribution is 0.0999. The molecular weight excluding hydrogens is 244 g/mol. The van der Waals surface area contributed by atoms with Crippen molar-refractivity contribution >= 4 is 11.6 Å². The van der Waals surface area contributed by atoms with Crippen LogP contribution in [-0.2, 0) is 0 Å². The highest BCUT2D eigenvalue weighted by Crippen LogP contribution is 2.30. The maximum atomic E-state index is 12.3. The molecular formula is C14H18N2O3. The molecule has 5 nitrogen and oxygen atoms in total. The van der Waals surface area contributed by atoms with Gasteiger partial charge in [-0.05, 0) is 24.6 Å². The number of hydrogen-bond donors (Lipinski definition) is 1. The van der Waals surface area contributed by atoms with E-state index in [1.54, 1.807) is 20.3 Å². The van der Waals surface area contributed by atoms with Gasteiger partial charge in [0.05, 0.1) is 27.2 Å². The van der Waals surface area contributed by atoms with Gasteiger partial charge in [-0.15, -0.1) is 0 Å². The molecule has 0 bridgehead atoms. The summed E-state index contributed by atoms with van der Waals surface area (Å²) in [5.74, 6) is 2.00. The average Bonchev–Trinajstić information content (AvgIpc) is 2.90. The van der Waals surface area contributed by atoms with Crippen molar-refractivity contribution in [1.29, 1.82) is 0 Å². The van der Waals surface area contributed by atoms with Gasteiger partial charge in [-0.25, -0.2) is 0 Å². The number of benzene rings is 1. The first-order valence-corrected chi connectivity index (χ1v) is 6.18. The Morgan fingerprint density at radius 1 is 1.32 bits per heavy atom. The van der Waals surface area contributed by atoms with E-state index in [4.69, 9.17) is 9.47 Å². The number of rotatable bonds is 5. The number of hydrogen-bond acceptors (Lipinski definition) is 5. The molecule has 0 fully saturated rings. The molecule has 19 heavy (non-hydrogen) atoms. The highest BCUT2D eigenvalue weighted by Gasteiger charge is 2.17. The van der Waals surface area contributed by atoms with Gasteiger partial charge in [0.15, 0.2) is 17.3 Å². The standard InChI is InChI=1S/C14H18N2O3/c1-9-6-12(18-2)13(19-3)7-10(9)11(17)8-14-15-4-5-16-14/h6-7H,4-5,8H2,1-3H3,(H,15,16). The van der Waals surface area contributed by atoms with Crippen LogP contribution in [0.2, 0.25) is 0 Å². The van der Waals surface area contributed by atoms with E-state index in [2.05, 4.69) is 10.3 Å². The van der Waals surface area contributed by atoms with E-state index in [0.29, 0.717) is 23.5 Å². The van der Waals surface area contributed by atoms with Gasteiger partial charge in [-0.2, -0.15) is 0 Å². The second-order valence-electron chi connectivity index (χ2n) is 4.38. The number of aliphatic imine (C=N–C) groups is 1. The first-order chi connectivity index (χ1) is 9.15. The molecule has 0 aromatic heterocycles. The molecule has 0 spiro atoms. The predicted octanol–water partition coefficient (Wildman–Crippen LogP) is 1.59. The van der Waals surface area contributed by atoms with Crippen molar-refractivity contribution < 1.29 is 14.3 Å². The lowest BCUT2D eigenvalue weighted by Gasteiger charge is -2.12. The van der Waals surface area contributed by atoms with Crippen molar-refractivity contribution in [3.63, 3.8) is 0 Å². The lowest BCUT2D eigenvalue weighted by atomic mass is 10.0. The number of carbonyl (C=O) groups is 1. The van der Waals surface area contributed by atoms with Gasteiger partial charge in [-0.1, -0.05) is 0 Å². The van der Waals surface area contributed by atoms with E-state index in [9.17, 15) is 4.79 Å². The molecule has 0 saturated heterocycles. The molecule has 2 rings (SSSR count). The SMILES string of the molecule is COc1cc(C)c(C(=O)CC2=NCCN2)cc1OC. The van der Waals surface area contributed by atoms with Crippen LogP contribution in [0.25, 0.3) is 0 Å². The Kier molecular flexibility index (Phi) is 4.04. The zero-order valence-corrected chi connectivity index (χ0v) is 11.4. The number of methoxy groups -OCH3 is 2. The van der Waals surface area contributed by atoms with Crippen LogP contribution in [0.4, 0.5) is 0 Å². The van der Waals surface area contributed by atoms with Crippen LogP contribution in [0, 0.1) is 6.92 Å². The molecule has 0 unspecified atom stereocenters. The van der Waals surface area contributed by atoms with Crippen LogP contribution in [0.3, 0.4) is 0 Å². The summed E-state index contributed by atoms with van der Waals surface area (Å²) in [7, 11) is 3.14. The first-order valence-electron chi connectivity index (χ1n) is 6.18. The molecule has 1 aromatic carbocycles. The maximum absolute atomic E-state index is 12.3. The number of Topliss-reactive ketones (excluding diaryl/α,β-unsaturated/α-hetero) is 1. The summed E-state index contributed by atoms with van der Waals surface area (Å²) < 4.78 is 10.4. The monoisotopic (exact) mass is 262 g/mol. The van der Waals surface area contributed by atoms with Crippen molar-refractivity contribution in [3.05, 3.63) is 23.3 Å². The Balaban J connectivity index is 2.25. The lowest BCUT2D eigenvalue weighted by Crippen LogP contribution is -2.22. The number of amidine groups is 1. The fourth-order valence-electron chi connectivity index (χ4n) is 2.09. The van der Waals surface area contributed by atoms with Crippen LogP contribution in [0.5, 0.6) is 11.5 Å². The van der Waals surface area contributed by atoms with Gasteiger partial charge in [0.1, 0.15) is 5.84 Å². The molecule has 1 N–H and O–H groups in total. The highest BCUT2D eigenvalue weighted by atomic mass is 16.5. The minimum Gasteiger partial charge on any atom is -0.493 e. The molecule has 0 radical (unpaired) electrons. The summed E-state index contributed by atoms with van der Waals surface area (Å²) in [6.45, 7) is 3.44. The molecule has 0 atom stereocenters. The van der Waals surface area contributed by atoms with Crippen molar-refractivity contribution in [2.45, 2.75) is 13.3 Å². The van der Waals surface area contributed by atoms with Gasteiger partial charge in [0.2, 0.25) is 0 Å². The smallest absolute Gasteiger partial charge is 0.170 e. The molecule has 1 aliphatic rings.